The van der Waals surface area contributed by atoms with Gasteiger partial charge < -0.3 is 20.4 Å². The molecular weight excluding hydrogens is 390 g/mol. The molecule has 0 radical (unpaired) electrons. The molecule has 1 aromatic carbocycles. The summed E-state index contributed by atoms with van der Waals surface area (Å²) in [6, 6.07) is 6.07. The Labute approximate surface area is 154 Å². The average molecular weight is 410 g/mol. The van der Waals surface area contributed by atoms with Gasteiger partial charge in [-0.2, -0.15) is 0 Å². The molecule has 0 aliphatic carbocycles. The maximum absolute atomic E-state index is 12.5. The van der Waals surface area contributed by atoms with E-state index < -0.39 is 11.7 Å². The van der Waals surface area contributed by atoms with Crippen LogP contribution < -0.4 is 16.7 Å². The molecule has 1 aliphatic rings. The normalized spacial score (nSPS) is 16.6. The fourth-order valence-corrected chi connectivity index (χ4v) is 3.08. The summed E-state index contributed by atoms with van der Waals surface area (Å²) < 4.78 is 5.18. The maximum atomic E-state index is 12.5. The van der Waals surface area contributed by atoms with Crippen molar-refractivity contribution in [3.63, 3.8) is 0 Å². The van der Waals surface area contributed by atoms with Crippen molar-refractivity contribution < 1.29 is 14.0 Å². The zero-order valence-corrected chi connectivity index (χ0v) is 15.5. The van der Waals surface area contributed by atoms with E-state index in [0.29, 0.717) is 24.2 Å². The van der Waals surface area contributed by atoms with Gasteiger partial charge in [0.15, 0.2) is 0 Å². The summed E-state index contributed by atoms with van der Waals surface area (Å²) >= 11 is 0. The molecule has 0 spiro atoms. The Morgan fingerprint density at radius 1 is 1.36 bits per heavy atom. The van der Waals surface area contributed by atoms with Crippen LogP contribution in [0.2, 0.25) is 0 Å². The minimum Gasteiger partial charge on any atom is -0.423 e. The molecule has 1 aliphatic heterocycles. The second kappa shape index (κ2) is 7.79. The lowest BCUT2D eigenvalue weighted by molar-refractivity contribution is -0.135. The zero-order valence-electron chi connectivity index (χ0n) is 13.8. The Morgan fingerprint density at radius 2 is 2.12 bits per heavy atom. The number of likely N-dealkylation sites (tertiary alicyclic amines) is 1. The number of carbonyl (C=O) groups excluding carboxylic acids is 2. The van der Waals surface area contributed by atoms with Crippen LogP contribution in [0.15, 0.2) is 33.5 Å². The van der Waals surface area contributed by atoms with E-state index >= 15 is 0 Å². The number of amides is 2. The topological polar surface area (TPSA) is 106 Å². The standard InChI is InChI=1S/C17H19N3O4.BrH/c1-10-7-16(22)24-14-8-11(4-5-12(10)14)19-17(23)13-3-2-6-20(13)15(21)9-18;/h4-5,7-8,13H,2-3,6,9,18H2,1H3,(H,19,23);1H. The van der Waals surface area contributed by atoms with Crippen LogP contribution in [0.25, 0.3) is 11.0 Å². The van der Waals surface area contributed by atoms with E-state index in [-0.39, 0.29) is 35.3 Å². The summed E-state index contributed by atoms with van der Waals surface area (Å²) in [5, 5.41) is 3.60. The van der Waals surface area contributed by atoms with Gasteiger partial charge in [0, 0.05) is 29.8 Å². The van der Waals surface area contributed by atoms with E-state index in [1.54, 1.807) is 18.2 Å². The Kier molecular flexibility index (Phi) is 5.97. The first-order valence-corrected chi connectivity index (χ1v) is 7.84. The van der Waals surface area contributed by atoms with Crippen LogP contribution in [0.5, 0.6) is 0 Å². The second-order valence-corrected chi connectivity index (χ2v) is 5.90. The molecule has 0 bridgehead atoms. The van der Waals surface area contributed by atoms with Gasteiger partial charge >= 0.3 is 5.63 Å². The molecule has 3 rings (SSSR count). The van der Waals surface area contributed by atoms with Gasteiger partial charge in [-0.3, -0.25) is 9.59 Å². The van der Waals surface area contributed by atoms with Crippen LogP contribution in [-0.2, 0) is 9.59 Å². The monoisotopic (exact) mass is 409 g/mol. The molecule has 1 saturated heterocycles. The third-order valence-electron chi connectivity index (χ3n) is 4.27. The van der Waals surface area contributed by atoms with Crippen molar-refractivity contribution in [2.24, 2.45) is 5.73 Å². The molecule has 1 unspecified atom stereocenters. The van der Waals surface area contributed by atoms with Gasteiger partial charge in [-0.05, 0) is 37.5 Å². The number of rotatable bonds is 3. The number of carbonyl (C=O) groups is 2. The third-order valence-corrected chi connectivity index (χ3v) is 4.27. The van der Waals surface area contributed by atoms with Gasteiger partial charge in [0.05, 0.1) is 6.54 Å². The van der Waals surface area contributed by atoms with Crippen molar-refractivity contribution in [2.45, 2.75) is 25.8 Å². The van der Waals surface area contributed by atoms with Crippen molar-refractivity contribution >= 4 is 45.5 Å². The highest BCUT2D eigenvalue weighted by Crippen LogP contribution is 2.23. The number of anilines is 1. The first-order valence-electron chi connectivity index (χ1n) is 7.84. The van der Waals surface area contributed by atoms with E-state index in [1.807, 2.05) is 6.92 Å². The molecule has 7 nitrogen and oxygen atoms in total. The van der Waals surface area contributed by atoms with E-state index in [9.17, 15) is 14.4 Å². The summed E-state index contributed by atoms with van der Waals surface area (Å²) in [4.78, 5) is 37.3. The summed E-state index contributed by atoms with van der Waals surface area (Å²) in [6.45, 7) is 2.26. The molecule has 2 aromatic rings. The molecule has 0 saturated carbocycles. The van der Waals surface area contributed by atoms with Crippen LogP contribution in [0.4, 0.5) is 5.69 Å². The number of nitrogens with two attached hydrogens (primary N) is 1. The SMILES string of the molecule is Br.Cc1cc(=O)oc2cc(NC(=O)C3CCCN3C(=O)CN)ccc12. The smallest absolute Gasteiger partial charge is 0.336 e. The highest BCUT2D eigenvalue weighted by molar-refractivity contribution is 8.93. The molecule has 2 heterocycles. The van der Waals surface area contributed by atoms with Gasteiger partial charge in [0.1, 0.15) is 11.6 Å². The van der Waals surface area contributed by atoms with Crippen LogP contribution in [0.1, 0.15) is 18.4 Å². The molecular formula is C17H20BrN3O4. The summed E-state index contributed by atoms with van der Waals surface area (Å²) in [5.41, 5.74) is 6.71. The number of halogens is 1. The van der Waals surface area contributed by atoms with Crippen molar-refractivity contribution in [3.8, 4) is 0 Å². The van der Waals surface area contributed by atoms with Gasteiger partial charge in [0.25, 0.3) is 0 Å². The van der Waals surface area contributed by atoms with E-state index in [0.717, 1.165) is 17.4 Å². The molecule has 1 aromatic heterocycles. The minimum absolute atomic E-state index is 0. The van der Waals surface area contributed by atoms with E-state index in [4.69, 9.17) is 10.2 Å². The maximum Gasteiger partial charge on any atom is 0.336 e. The lowest BCUT2D eigenvalue weighted by Gasteiger charge is -2.23. The lowest BCUT2D eigenvalue weighted by Crippen LogP contribution is -2.45. The van der Waals surface area contributed by atoms with Crippen LogP contribution in [0.3, 0.4) is 0 Å². The number of aryl methyl sites for hydroxylation is 1. The molecule has 25 heavy (non-hydrogen) atoms. The lowest BCUT2D eigenvalue weighted by atomic mass is 10.1. The first kappa shape index (κ1) is 19.1. The Morgan fingerprint density at radius 3 is 2.84 bits per heavy atom. The number of hydrogen-bond acceptors (Lipinski definition) is 5. The van der Waals surface area contributed by atoms with Crippen LogP contribution in [0, 0.1) is 6.92 Å². The van der Waals surface area contributed by atoms with E-state index in [1.165, 1.54) is 11.0 Å². The van der Waals surface area contributed by atoms with Crippen molar-refractivity contribution in [1.82, 2.24) is 4.90 Å². The molecule has 3 N–H and O–H groups in total. The molecule has 2 amide bonds. The highest BCUT2D eigenvalue weighted by Gasteiger charge is 2.33. The number of hydrogen-bond donors (Lipinski definition) is 2. The van der Waals surface area contributed by atoms with Crippen molar-refractivity contribution in [2.75, 3.05) is 18.4 Å². The van der Waals surface area contributed by atoms with Gasteiger partial charge in [0.2, 0.25) is 11.8 Å². The molecule has 134 valence electrons. The predicted octanol–water partition coefficient (Wildman–Crippen LogP) is 1.57. The third kappa shape index (κ3) is 3.91. The molecule has 1 atom stereocenters. The van der Waals surface area contributed by atoms with Crippen LogP contribution >= 0.6 is 17.0 Å². The minimum atomic E-state index is -0.513. The first-order chi connectivity index (χ1) is 11.5. The average Bonchev–Trinajstić information content (AvgIpc) is 3.03. The summed E-state index contributed by atoms with van der Waals surface area (Å²) in [7, 11) is 0. The largest absolute Gasteiger partial charge is 0.423 e. The number of benzene rings is 1. The summed E-state index contributed by atoms with van der Waals surface area (Å²) in [6.07, 6.45) is 1.38. The zero-order chi connectivity index (χ0) is 17.3. The summed E-state index contributed by atoms with van der Waals surface area (Å²) in [5.74, 6) is -0.489. The number of nitrogens with zero attached hydrogens (tertiary/aromatic N) is 1. The predicted molar refractivity (Wildman–Crippen MR) is 100.0 cm³/mol. The highest BCUT2D eigenvalue weighted by atomic mass is 79.9. The van der Waals surface area contributed by atoms with Gasteiger partial charge in [-0.1, -0.05) is 0 Å². The van der Waals surface area contributed by atoms with Crippen molar-refractivity contribution in [1.29, 1.82) is 0 Å². The number of nitrogens with one attached hydrogen (secondary N) is 1. The van der Waals surface area contributed by atoms with Gasteiger partial charge in [-0.25, -0.2) is 4.79 Å². The number of fused-ring (bicyclic) bond motifs is 1. The fourth-order valence-electron chi connectivity index (χ4n) is 3.08. The van der Waals surface area contributed by atoms with Crippen molar-refractivity contribution in [3.05, 3.63) is 40.2 Å². The Hall–Kier alpha value is -2.19. The van der Waals surface area contributed by atoms with E-state index in [2.05, 4.69) is 5.32 Å². The van der Waals surface area contributed by atoms with Gasteiger partial charge in [-0.15, -0.1) is 17.0 Å². The quantitative estimate of drug-likeness (QED) is 0.748. The fraction of sp³-hybridized carbons (Fsp3) is 0.353. The molecule has 8 heteroatoms. The second-order valence-electron chi connectivity index (χ2n) is 5.90. The Bertz CT molecular complexity index is 865. The Balaban J connectivity index is 0.00000225. The van der Waals surface area contributed by atoms with Crippen LogP contribution in [-0.4, -0.2) is 35.8 Å². The molecule has 1 fully saturated rings.